The van der Waals surface area contributed by atoms with Crippen LogP contribution in [0.25, 0.3) is 6.08 Å². The van der Waals surface area contributed by atoms with Crippen molar-refractivity contribution >= 4 is 68.7 Å². The van der Waals surface area contributed by atoms with Crippen LogP contribution in [-0.4, -0.2) is 17.8 Å². The standard InChI is InChI=1S/C17H9BrCl2N2O3/c18-9-4-6-10(7-5-9)22-16(24)12(15(23)21-17(22)25)8-11-13(19)2-1-3-14(11)20/h1-8H,(H,21,23,25)/b12-8+. The van der Waals surface area contributed by atoms with Crippen molar-refractivity contribution in [2.75, 3.05) is 4.90 Å². The Kier molecular flexibility index (Phi) is 4.94. The Bertz CT molecular complexity index is 906. The van der Waals surface area contributed by atoms with Gasteiger partial charge in [-0.15, -0.1) is 0 Å². The summed E-state index contributed by atoms with van der Waals surface area (Å²) in [7, 11) is 0. The lowest BCUT2D eigenvalue weighted by Crippen LogP contribution is -2.54. The van der Waals surface area contributed by atoms with E-state index in [0.717, 1.165) is 9.37 Å². The molecule has 0 atom stereocenters. The molecule has 0 bridgehead atoms. The SMILES string of the molecule is O=C1NC(=O)N(c2ccc(Br)cc2)C(=O)/C1=C/c1c(Cl)cccc1Cl. The number of imide groups is 2. The molecule has 2 aromatic rings. The largest absolute Gasteiger partial charge is 0.335 e. The number of urea groups is 1. The number of anilines is 1. The number of nitrogens with one attached hydrogen (secondary N) is 1. The number of hydrogen-bond donors (Lipinski definition) is 1. The second-order valence-corrected chi connectivity index (χ2v) is 6.80. The number of barbiturate groups is 1. The number of rotatable bonds is 2. The van der Waals surface area contributed by atoms with Crippen molar-refractivity contribution in [2.24, 2.45) is 0 Å². The van der Waals surface area contributed by atoms with Crippen LogP contribution < -0.4 is 10.2 Å². The summed E-state index contributed by atoms with van der Waals surface area (Å²) in [6.07, 6.45) is 1.28. The van der Waals surface area contributed by atoms with Crippen LogP contribution in [-0.2, 0) is 9.59 Å². The third-order valence-corrected chi connectivity index (χ3v) is 4.66. The molecular formula is C17H9BrCl2N2O3. The molecule has 0 spiro atoms. The van der Waals surface area contributed by atoms with E-state index in [1.807, 2.05) is 0 Å². The van der Waals surface area contributed by atoms with E-state index in [-0.39, 0.29) is 15.6 Å². The van der Waals surface area contributed by atoms with Crippen LogP contribution >= 0.6 is 39.1 Å². The normalized spacial score (nSPS) is 16.4. The average Bonchev–Trinajstić information content (AvgIpc) is 2.55. The van der Waals surface area contributed by atoms with E-state index >= 15 is 0 Å². The summed E-state index contributed by atoms with van der Waals surface area (Å²) < 4.78 is 0.788. The van der Waals surface area contributed by atoms with Gasteiger partial charge < -0.3 is 0 Å². The molecule has 0 aromatic heterocycles. The van der Waals surface area contributed by atoms with E-state index < -0.39 is 17.8 Å². The molecule has 25 heavy (non-hydrogen) atoms. The van der Waals surface area contributed by atoms with E-state index in [2.05, 4.69) is 21.2 Å². The van der Waals surface area contributed by atoms with Crippen molar-refractivity contribution in [3.8, 4) is 0 Å². The van der Waals surface area contributed by atoms with Gasteiger partial charge in [0.15, 0.2) is 0 Å². The van der Waals surface area contributed by atoms with Crippen LogP contribution in [0.5, 0.6) is 0 Å². The zero-order valence-electron chi connectivity index (χ0n) is 12.4. The van der Waals surface area contributed by atoms with Gasteiger partial charge in [0, 0.05) is 20.1 Å². The van der Waals surface area contributed by atoms with Gasteiger partial charge in [-0.2, -0.15) is 0 Å². The van der Waals surface area contributed by atoms with Crippen molar-refractivity contribution in [1.29, 1.82) is 0 Å². The van der Waals surface area contributed by atoms with Gasteiger partial charge in [0.2, 0.25) is 0 Å². The van der Waals surface area contributed by atoms with Gasteiger partial charge in [0.05, 0.1) is 5.69 Å². The first-order valence-corrected chi connectivity index (χ1v) is 8.54. The number of benzene rings is 2. The Balaban J connectivity index is 2.07. The molecule has 8 heteroatoms. The third-order valence-electron chi connectivity index (χ3n) is 3.47. The molecule has 1 aliphatic heterocycles. The molecule has 0 aliphatic carbocycles. The zero-order valence-corrected chi connectivity index (χ0v) is 15.5. The lowest BCUT2D eigenvalue weighted by molar-refractivity contribution is -0.122. The molecule has 1 heterocycles. The topological polar surface area (TPSA) is 66.5 Å². The smallest absolute Gasteiger partial charge is 0.273 e. The minimum Gasteiger partial charge on any atom is -0.273 e. The molecule has 1 fully saturated rings. The van der Waals surface area contributed by atoms with Gasteiger partial charge in [0.1, 0.15) is 5.57 Å². The van der Waals surface area contributed by atoms with Crippen molar-refractivity contribution in [2.45, 2.75) is 0 Å². The van der Waals surface area contributed by atoms with Gasteiger partial charge in [0.25, 0.3) is 11.8 Å². The number of nitrogens with zero attached hydrogens (tertiary/aromatic N) is 1. The van der Waals surface area contributed by atoms with Crippen molar-refractivity contribution in [3.63, 3.8) is 0 Å². The molecule has 1 aliphatic rings. The Morgan fingerprint density at radius 2 is 1.56 bits per heavy atom. The quantitative estimate of drug-likeness (QED) is 0.556. The molecule has 3 rings (SSSR count). The van der Waals surface area contributed by atoms with E-state index in [4.69, 9.17) is 23.2 Å². The second kappa shape index (κ2) is 7.00. The predicted octanol–water partition coefficient (Wildman–Crippen LogP) is 4.42. The average molecular weight is 440 g/mol. The maximum atomic E-state index is 12.7. The van der Waals surface area contributed by atoms with Crippen LogP contribution in [0.3, 0.4) is 0 Å². The molecule has 2 aromatic carbocycles. The Morgan fingerprint density at radius 3 is 2.16 bits per heavy atom. The highest BCUT2D eigenvalue weighted by atomic mass is 79.9. The van der Waals surface area contributed by atoms with Gasteiger partial charge >= 0.3 is 6.03 Å². The van der Waals surface area contributed by atoms with E-state index in [0.29, 0.717) is 11.3 Å². The number of carbonyl (C=O) groups excluding carboxylic acids is 3. The summed E-state index contributed by atoms with van der Waals surface area (Å²) >= 11 is 15.5. The van der Waals surface area contributed by atoms with Crippen LogP contribution in [0, 0.1) is 0 Å². The first-order chi connectivity index (χ1) is 11.9. The Morgan fingerprint density at radius 1 is 0.960 bits per heavy atom. The lowest BCUT2D eigenvalue weighted by atomic mass is 10.1. The summed E-state index contributed by atoms with van der Waals surface area (Å²) in [6.45, 7) is 0. The lowest BCUT2D eigenvalue weighted by Gasteiger charge is -2.26. The maximum absolute atomic E-state index is 12.7. The monoisotopic (exact) mass is 438 g/mol. The van der Waals surface area contributed by atoms with Crippen LogP contribution in [0.4, 0.5) is 10.5 Å². The minimum absolute atomic E-state index is 0.238. The van der Waals surface area contributed by atoms with Crippen LogP contribution in [0.2, 0.25) is 10.0 Å². The molecule has 0 saturated carbocycles. The fraction of sp³-hybridized carbons (Fsp3) is 0. The summed E-state index contributed by atoms with van der Waals surface area (Å²) in [5, 5.41) is 2.71. The number of carbonyl (C=O) groups is 3. The molecule has 0 radical (unpaired) electrons. The van der Waals surface area contributed by atoms with Crippen molar-refractivity contribution in [1.82, 2.24) is 5.32 Å². The molecule has 126 valence electrons. The fourth-order valence-corrected chi connectivity index (χ4v) is 3.05. The molecule has 0 unspecified atom stereocenters. The highest BCUT2D eigenvalue weighted by molar-refractivity contribution is 9.10. The maximum Gasteiger partial charge on any atom is 0.335 e. The van der Waals surface area contributed by atoms with Gasteiger partial charge in [-0.25, -0.2) is 9.69 Å². The molecule has 1 N–H and O–H groups in total. The Labute approximate surface area is 161 Å². The third kappa shape index (κ3) is 3.46. The van der Waals surface area contributed by atoms with E-state index in [1.165, 1.54) is 6.08 Å². The summed E-state index contributed by atoms with van der Waals surface area (Å²) in [4.78, 5) is 37.9. The number of amides is 4. The van der Waals surface area contributed by atoms with E-state index in [1.54, 1.807) is 42.5 Å². The van der Waals surface area contributed by atoms with Gasteiger partial charge in [-0.1, -0.05) is 45.2 Å². The zero-order chi connectivity index (χ0) is 18.1. The summed E-state index contributed by atoms with van der Waals surface area (Å²) in [5.74, 6) is -1.56. The van der Waals surface area contributed by atoms with Gasteiger partial charge in [-0.3, -0.25) is 14.9 Å². The van der Waals surface area contributed by atoms with Gasteiger partial charge in [-0.05, 0) is 42.5 Å². The first kappa shape index (κ1) is 17.7. The molecule has 5 nitrogen and oxygen atoms in total. The molecular weight excluding hydrogens is 431 g/mol. The second-order valence-electron chi connectivity index (χ2n) is 5.07. The molecule has 4 amide bonds. The van der Waals surface area contributed by atoms with Crippen molar-refractivity contribution < 1.29 is 14.4 Å². The summed E-state index contributed by atoms with van der Waals surface area (Å²) in [6, 6.07) is 10.5. The Hall–Kier alpha value is -2.15. The summed E-state index contributed by atoms with van der Waals surface area (Å²) in [5.41, 5.74) is 0.418. The van der Waals surface area contributed by atoms with Crippen LogP contribution in [0.1, 0.15) is 5.56 Å². The fourth-order valence-electron chi connectivity index (χ4n) is 2.28. The highest BCUT2D eigenvalue weighted by Gasteiger charge is 2.37. The highest BCUT2D eigenvalue weighted by Crippen LogP contribution is 2.29. The van der Waals surface area contributed by atoms with Crippen LogP contribution in [0.15, 0.2) is 52.5 Å². The minimum atomic E-state index is -0.820. The first-order valence-electron chi connectivity index (χ1n) is 6.99. The number of halogens is 3. The van der Waals surface area contributed by atoms with Crippen molar-refractivity contribution in [3.05, 3.63) is 68.1 Å². The predicted molar refractivity (Wildman–Crippen MR) is 99.6 cm³/mol. The van der Waals surface area contributed by atoms with E-state index in [9.17, 15) is 14.4 Å². The molecule has 1 saturated heterocycles. The number of hydrogen-bond acceptors (Lipinski definition) is 3.